The van der Waals surface area contributed by atoms with E-state index in [-0.39, 0.29) is 64.0 Å². The first-order valence-corrected chi connectivity index (χ1v) is 45.2. The minimum atomic E-state index is -3.36. The molecule has 5 fully saturated rings. The largest absolute Gasteiger partial charge is 0.448 e. The van der Waals surface area contributed by atoms with E-state index in [9.17, 15) is 40.5 Å². The molecule has 4 saturated heterocycles. The van der Waals surface area contributed by atoms with Gasteiger partial charge < -0.3 is 46.6 Å². The molecule has 24 heteroatoms. The molecule has 20 rings (SSSR count). The van der Waals surface area contributed by atoms with E-state index >= 15 is 0 Å². The number of halogens is 3. The number of sulfone groups is 1. The smallest absolute Gasteiger partial charge is 0.409 e. The van der Waals surface area contributed by atoms with E-state index in [0.717, 1.165) is 138 Å². The minimum absolute atomic E-state index is 0.0480. The van der Waals surface area contributed by atoms with Crippen LogP contribution in [0.2, 0.25) is 0 Å². The number of ketones is 2. The summed E-state index contributed by atoms with van der Waals surface area (Å²) < 4.78 is 118. The van der Waals surface area contributed by atoms with Crippen LogP contribution in [-0.4, -0.2) is 148 Å². The average molecular weight is 1670 g/mol. The first kappa shape index (κ1) is 81.0. The van der Waals surface area contributed by atoms with Crippen LogP contribution in [0, 0.1) is 23.4 Å². The number of nitrogens with zero attached hydrogens (tertiary/aromatic N) is 7. The molecule has 0 radical (unpaired) electrons. The lowest BCUT2D eigenvalue weighted by Crippen LogP contribution is -2.36. The molecule has 7 aliphatic heterocycles. The van der Waals surface area contributed by atoms with Crippen LogP contribution in [-0.2, 0) is 62.0 Å². The number of ether oxygens (including phenoxy) is 4. The summed E-state index contributed by atoms with van der Waals surface area (Å²) in [6, 6.07) is 56.7. The van der Waals surface area contributed by atoms with Gasteiger partial charge in [-0.3, -0.25) is 29.1 Å². The molecule has 9 aromatic carbocycles. The second-order valence-electron chi connectivity index (χ2n) is 32.6. The highest BCUT2D eigenvalue weighted by molar-refractivity contribution is 7.91. The fraction of sp³-hybridized carbons (Fsp3) is 0.320. The zero-order valence-electron chi connectivity index (χ0n) is 67.7. The van der Waals surface area contributed by atoms with Crippen LogP contribution in [0.25, 0.3) is 83.2 Å². The van der Waals surface area contributed by atoms with Crippen LogP contribution in [0.15, 0.2) is 197 Å². The lowest BCUT2D eigenvalue weighted by atomic mass is 9.80. The fourth-order valence-electron chi connectivity index (χ4n) is 18.8. The number of aliphatic imine (C=N–C) groups is 3. The molecule has 1 aliphatic carbocycles. The predicted molar refractivity (Wildman–Crippen MR) is 466 cm³/mol. The molecule has 3 aromatic heterocycles. The number of carbonyl (C=O) groups is 3. The highest BCUT2D eigenvalue weighted by Crippen LogP contribution is 2.51. The molecular weight excluding hydrogens is 1580 g/mol. The van der Waals surface area contributed by atoms with Gasteiger partial charge in [-0.25, -0.2) is 26.4 Å². The van der Waals surface area contributed by atoms with Crippen LogP contribution in [0.1, 0.15) is 160 Å². The number of fused-ring (bicyclic) bond motifs is 6. The number of cyclic esters (lactones) is 1. The maximum Gasteiger partial charge on any atom is 0.409 e. The normalized spacial score (nSPS) is 17.8. The van der Waals surface area contributed by atoms with Gasteiger partial charge in [0.25, 0.3) is 0 Å². The first-order valence-electron chi connectivity index (χ1n) is 41.7. The van der Waals surface area contributed by atoms with E-state index in [0.29, 0.717) is 128 Å². The predicted octanol–water partition coefficient (Wildman–Crippen LogP) is 19.7. The molecule has 19 nitrogen and oxygen atoms in total. The zero-order chi connectivity index (χ0) is 83.2. The summed E-state index contributed by atoms with van der Waals surface area (Å²) in [7, 11) is -3.62. The van der Waals surface area contributed by atoms with Gasteiger partial charge in [0.05, 0.1) is 53.3 Å². The van der Waals surface area contributed by atoms with E-state index in [4.69, 9.17) is 28.0 Å². The molecule has 10 heterocycles. The Hall–Kier alpha value is -11.0. The summed E-state index contributed by atoms with van der Waals surface area (Å²) >= 11 is 0. The number of carbonyl (C=O) groups excluding carboxylic acids is 3. The van der Waals surface area contributed by atoms with Crippen LogP contribution in [0.3, 0.4) is 0 Å². The number of rotatable bonds is 21. The van der Waals surface area contributed by atoms with Gasteiger partial charge in [-0.2, -0.15) is 0 Å². The molecule has 0 unspecified atom stereocenters. The SMILES string of the molecule is COP(=O)(OC)c1ccc(-c2c(C3CCOCC3)n(-c3ccc(F)cc3)c3cc4c(cc23)CN=C4)cc1.CS(=O)(=O)C1CC(CC(=O)c2ccc(-c3c(C4CCOCC4)n(-c4ccc(F)cc4)c4cc5c(cc34)CN=C5)cc2)C1.O=C(CCCN1CCOC1=O)c1ccc(-c2c(C3CCOCC3)n(-c3ccc(F)cc3)c3cc4c(cc23)CN=C4)cc1. The van der Waals surface area contributed by atoms with Crippen molar-refractivity contribution in [2.45, 2.75) is 113 Å². The third kappa shape index (κ3) is 16.3. The van der Waals surface area contributed by atoms with Gasteiger partial charge in [-0.15, -0.1) is 0 Å². The number of hydrogen-bond acceptors (Lipinski definition) is 15. The van der Waals surface area contributed by atoms with E-state index in [1.54, 1.807) is 4.90 Å². The Morgan fingerprint density at radius 3 is 1.17 bits per heavy atom. The maximum atomic E-state index is 14.0. The van der Waals surface area contributed by atoms with Gasteiger partial charge in [0.2, 0.25) is 0 Å². The third-order valence-corrected chi connectivity index (χ3v) is 28.7. The quantitative estimate of drug-likeness (QED) is 0.0485. The van der Waals surface area contributed by atoms with Crippen molar-refractivity contribution in [3.05, 3.63) is 261 Å². The van der Waals surface area contributed by atoms with Gasteiger partial charge >= 0.3 is 13.7 Å². The lowest BCUT2D eigenvalue weighted by molar-refractivity contribution is 0.0843. The molecular formula is C97H93F3N7O12PS. The van der Waals surface area contributed by atoms with Gasteiger partial charge in [-0.05, 0) is 235 Å². The molecule has 0 bridgehead atoms. The van der Waals surface area contributed by atoms with Gasteiger partial charge in [0, 0.05) is 194 Å². The Kier molecular flexibility index (Phi) is 23.1. The Balaban J connectivity index is 0.000000125. The van der Waals surface area contributed by atoms with Gasteiger partial charge in [0.1, 0.15) is 33.9 Å². The second kappa shape index (κ2) is 34.5. The molecule has 620 valence electrons. The van der Waals surface area contributed by atoms with Crippen molar-refractivity contribution in [1.82, 2.24) is 18.6 Å². The van der Waals surface area contributed by atoms with E-state index in [1.807, 2.05) is 128 Å². The van der Waals surface area contributed by atoms with Gasteiger partial charge in [-0.1, -0.05) is 60.7 Å². The van der Waals surface area contributed by atoms with Crippen LogP contribution in [0.4, 0.5) is 18.0 Å². The standard InChI is InChI=1S/C34H32FN3O4.C34H33FN2O4S.C29H28FN2O4P/c35-27-7-9-28(10-8-27)38-30-19-26-21-36-20-25(26)18-29(30)32(33(38)24-11-15-41-16-12-24)23-5-3-22(4-6-23)31(39)2-1-13-37-14-17-42-34(37)40;1-42(39,40)29-14-21(15-29)16-32(38)22-2-4-23(5-3-22)33-30-17-25-19-36-20-26(25)18-31(30)37(28-8-6-27(35)7-9-28)34(33)24-10-12-41-13-11-24;1-34-37(33,35-2)25-9-3-19(4-10-25)28-26-15-21-17-31-18-22(21)16-27(26)32(24-7-5-23(30)6-8-24)29(28)20-11-13-36-14-12-20/h3-10,18-19,21,24H,1-2,11-17,20H2;2-9,17-18,20-21,24,29H,10-16,19H2,1H3;3-10,15-16,18,20H,11-14,17H2,1-2H3. The highest BCUT2D eigenvalue weighted by Gasteiger charge is 2.39. The molecule has 12 aromatic rings. The molecule has 0 spiro atoms. The molecule has 0 N–H and O–H groups in total. The number of amides is 1. The summed E-state index contributed by atoms with van der Waals surface area (Å²) in [6.07, 6.45) is 14.6. The van der Waals surface area contributed by atoms with Gasteiger partial charge in [0.15, 0.2) is 11.6 Å². The van der Waals surface area contributed by atoms with Crippen molar-refractivity contribution >= 4 is 91.7 Å². The molecule has 8 aliphatic rings. The number of aromatic nitrogens is 3. The van der Waals surface area contributed by atoms with Crippen LogP contribution >= 0.6 is 7.60 Å². The Labute approximate surface area is 700 Å². The van der Waals surface area contributed by atoms with Crippen molar-refractivity contribution in [3.63, 3.8) is 0 Å². The van der Waals surface area contributed by atoms with E-state index in [2.05, 4.69) is 65.1 Å². The first-order chi connectivity index (χ1) is 58.8. The van der Waals surface area contributed by atoms with Crippen molar-refractivity contribution in [2.75, 3.05) is 79.8 Å². The highest BCUT2D eigenvalue weighted by atomic mass is 32.2. The van der Waals surface area contributed by atoms with Crippen LogP contribution < -0.4 is 5.30 Å². The Morgan fingerprint density at radius 2 is 0.835 bits per heavy atom. The Bertz CT molecular complexity index is 6230. The summed E-state index contributed by atoms with van der Waals surface area (Å²) in [5, 5.41) is 3.55. The summed E-state index contributed by atoms with van der Waals surface area (Å²) in [5.74, 6) is 0.183. The summed E-state index contributed by atoms with van der Waals surface area (Å²) in [6.45, 7) is 7.63. The number of Topliss-reactive ketones (excluding diaryl/α,β-unsaturated/α-hetero) is 2. The average Bonchev–Trinajstić information content (AvgIpc) is 1.58. The van der Waals surface area contributed by atoms with Crippen LogP contribution in [0.5, 0.6) is 0 Å². The van der Waals surface area contributed by atoms with E-state index in [1.165, 1.54) is 90.6 Å². The van der Waals surface area contributed by atoms with Crippen molar-refractivity contribution in [1.29, 1.82) is 0 Å². The summed E-state index contributed by atoms with van der Waals surface area (Å²) in [4.78, 5) is 52.9. The topological polar surface area (TPSA) is 213 Å². The molecule has 0 atom stereocenters. The third-order valence-electron chi connectivity index (χ3n) is 25.2. The zero-order valence-corrected chi connectivity index (χ0v) is 69.4. The van der Waals surface area contributed by atoms with E-state index < -0.39 is 17.4 Å². The Morgan fingerprint density at radius 1 is 0.479 bits per heavy atom. The maximum absolute atomic E-state index is 14.0. The van der Waals surface area contributed by atoms with Crippen molar-refractivity contribution < 1.29 is 68.5 Å². The minimum Gasteiger partial charge on any atom is -0.448 e. The second-order valence-corrected chi connectivity index (χ2v) is 37.2. The number of benzene rings is 9. The lowest BCUT2D eigenvalue weighted by Gasteiger charge is -2.33. The monoisotopic (exact) mass is 1670 g/mol. The van der Waals surface area contributed by atoms with Crippen molar-refractivity contribution in [2.24, 2.45) is 20.9 Å². The van der Waals surface area contributed by atoms with Crippen molar-refractivity contribution in [3.8, 4) is 50.4 Å². The molecule has 121 heavy (non-hydrogen) atoms. The molecule has 1 saturated carbocycles. The fourth-order valence-corrected chi connectivity index (χ4v) is 21.2. The summed E-state index contributed by atoms with van der Waals surface area (Å²) in [5.41, 5.74) is 24.1. The molecule has 1 amide bonds. The number of hydrogen-bond donors (Lipinski definition) is 0.